The molecule has 19 heavy (non-hydrogen) atoms. The molecule has 1 saturated carbocycles. The zero-order valence-corrected chi connectivity index (χ0v) is 12.7. The number of thioether (sulfide) groups is 1. The van der Waals surface area contributed by atoms with Crippen LogP contribution >= 0.6 is 23.4 Å². The first-order valence-corrected chi connectivity index (χ1v) is 8.26. The van der Waals surface area contributed by atoms with Crippen LogP contribution in [0.4, 0.5) is 0 Å². The zero-order valence-electron chi connectivity index (χ0n) is 11.1. The van der Waals surface area contributed by atoms with Crippen molar-refractivity contribution in [1.82, 2.24) is 19.6 Å². The highest BCUT2D eigenvalue weighted by atomic mass is 35.5. The summed E-state index contributed by atoms with van der Waals surface area (Å²) in [4.78, 5) is 8.79. The molecule has 4 nitrogen and oxygen atoms in total. The average Bonchev–Trinajstić information content (AvgIpc) is 3.06. The smallest absolute Gasteiger partial charge is 0.207 e. The summed E-state index contributed by atoms with van der Waals surface area (Å²) >= 11 is 7.74. The third-order valence-corrected chi connectivity index (χ3v) is 4.88. The van der Waals surface area contributed by atoms with Crippen LogP contribution in [0.3, 0.4) is 0 Å². The third kappa shape index (κ3) is 2.34. The van der Waals surface area contributed by atoms with E-state index in [0.29, 0.717) is 17.0 Å². The van der Waals surface area contributed by atoms with Crippen molar-refractivity contribution in [1.29, 1.82) is 0 Å². The standard InChI is InChI=1S/C13H17ClN4S/c1-8(9-5-3-4-6-9)12-16-11(14)10-7-15-13(19-2)17-18(10)12/h7-9H,3-6H2,1-2H3. The van der Waals surface area contributed by atoms with Crippen LogP contribution in [0.25, 0.3) is 5.52 Å². The van der Waals surface area contributed by atoms with Crippen LogP contribution in [0, 0.1) is 5.92 Å². The Morgan fingerprint density at radius 3 is 2.84 bits per heavy atom. The maximum atomic E-state index is 6.21. The third-order valence-electron chi connectivity index (χ3n) is 4.05. The lowest BCUT2D eigenvalue weighted by molar-refractivity contribution is 0.436. The van der Waals surface area contributed by atoms with Gasteiger partial charge in [0.2, 0.25) is 5.16 Å². The lowest BCUT2D eigenvalue weighted by atomic mass is 9.92. The predicted octanol–water partition coefficient (Wildman–Crippen LogP) is 3.79. The van der Waals surface area contributed by atoms with Gasteiger partial charge in [0.05, 0.1) is 6.20 Å². The summed E-state index contributed by atoms with van der Waals surface area (Å²) in [5, 5.41) is 5.79. The van der Waals surface area contributed by atoms with E-state index in [1.807, 2.05) is 10.8 Å². The monoisotopic (exact) mass is 296 g/mol. The molecule has 6 heteroatoms. The second-order valence-electron chi connectivity index (χ2n) is 5.14. The van der Waals surface area contributed by atoms with Crippen LogP contribution in [0.5, 0.6) is 0 Å². The van der Waals surface area contributed by atoms with Crippen molar-refractivity contribution in [3.8, 4) is 0 Å². The molecule has 1 atom stereocenters. The molecule has 0 spiro atoms. The van der Waals surface area contributed by atoms with Crippen molar-refractivity contribution in [3.63, 3.8) is 0 Å². The van der Waals surface area contributed by atoms with E-state index < -0.39 is 0 Å². The van der Waals surface area contributed by atoms with Gasteiger partial charge in [-0.05, 0) is 25.0 Å². The molecule has 0 aliphatic heterocycles. The first-order chi connectivity index (χ1) is 9.20. The molecule has 3 rings (SSSR count). The van der Waals surface area contributed by atoms with Gasteiger partial charge < -0.3 is 0 Å². The SMILES string of the molecule is CSc1ncc2c(Cl)nc(C(C)C3CCCC3)n2n1. The summed E-state index contributed by atoms with van der Waals surface area (Å²) in [6.45, 7) is 2.24. The Morgan fingerprint density at radius 1 is 1.42 bits per heavy atom. The highest BCUT2D eigenvalue weighted by Crippen LogP contribution is 2.37. The normalized spacial score (nSPS) is 18.3. The van der Waals surface area contributed by atoms with Crippen molar-refractivity contribution in [3.05, 3.63) is 17.2 Å². The molecule has 2 heterocycles. The van der Waals surface area contributed by atoms with Crippen LogP contribution in [-0.4, -0.2) is 25.8 Å². The number of nitrogens with zero attached hydrogens (tertiary/aromatic N) is 4. The first-order valence-electron chi connectivity index (χ1n) is 6.66. The van der Waals surface area contributed by atoms with Crippen molar-refractivity contribution in [2.45, 2.75) is 43.7 Å². The lowest BCUT2D eigenvalue weighted by Crippen LogP contribution is -2.11. The molecule has 0 aromatic carbocycles. The quantitative estimate of drug-likeness (QED) is 0.808. The van der Waals surface area contributed by atoms with Gasteiger partial charge in [0, 0.05) is 5.92 Å². The fourth-order valence-electron chi connectivity index (χ4n) is 2.91. The molecule has 0 bridgehead atoms. The van der Waals surface area contributed by atoms with Crippen molar-refractivity contribution < 1.29 is 0 Å². The van der Waals surface area contributed by atoms with Crippen LogP contribution < -0.4 is 0 Å². The Labute approximate surface area is 122 Å². The molecular weight excluding hydrogens is 280 g/mol. The van der Waals surface area contributed by atoms with Gasteiger partial charge in [-0.2, -0.15) is 0 Å². The molecular formula is C13H17ClN4S. The number of halogens is 1. The van der Waals surface area contributed by atoms with Crippen LogP contribution in [0.1, 0.15) is 44.3 Å². The molecule has 2 aromatic rings. The molecule has 1 aliphatic rings. The van der Waals surface area contributed by atoms with Gasteiger partial charge in [-0.1, -0.05) is 43.1 Å². The van der Waals surface area contributed by atoms with Gasteiger partial charge in [-0.3, -0.25) is 0 Å². The van der Waals surface area contributed by atoms with E-state index in [1.165, 1.54) is 37.4 Å². The number of hydrogen-bond acceptors (Lipinski definition) is 4. The molecule has 0 amide bonds. The van der Waals surface area contributed by atoms with Crippen molar-refractivity contribution in [2.24, 2.45) is 5.92 Å². The van der Waals surface area contributed by atoms with Crippen molar-refractivity contribution in [2.75, 3.05) is 6.26 Å². The van der Waals surface area contributed by atoms with E-state index in [0.717, 1.165) is 16.5 Å². The average molecular weight is 297 g/mol. The number of imidazole rings is 1. The highest BCUT2D eigenvalue weighted by molar-refractivity contribution is 7.98. The number of rotatable bonds is 3. The Morgan fingerprint density at radius 2 is 2.16 bits per heavy atom. The predicted molar refractivity (Wildman–Crippen MR) is 77.9 cm³/mol. The van der Waals surface area contributed by atoms with Gasteiger partial charge in [0.15, 0.2) is 5.15 Å². The Kier molecular flexibility index (Phi) is 3.67. The Bertz CT molecular complexity index is 592. The zero-order chi connectivity index (χ0) is 13.4. The largest absolute Gasteiger partial charge is 0.227 e. The van der Waals surface area contributed by atoms with E-state index >= 15 is 0 Å². The molecule has 1 aliphatic carbocycles. The first kappa shape index (κ1) is 13.2. The minimum Gasteiger partial charge on any atom is -0.227 e. The summed E-state index contributed by atoms with van der Waals surface area (Å²) in [6, 6.07) is 0. The van der Waals surface area contributed by atoms with E-state index in [9.17, 15) is 0 Å². The van der Waals surface area contributed by atoms with E-state index in [1.54, 1.807) is 6.20 Å². The fraction of sp³-hybridized carbons (Fsp3) is 0.615. The second kappa shape index (κ2) is 5.29. The van der Waals surface area contributed by atoms with Gasteiger partial charge in [0.1, 0.15) is 11.3 Å². The fourth-order valence-corrected chi connectivity index (χ4v) is 3.45. The topological polar surface area (TPSA) is 43.1 Å². The van der Waals surface area contributed by atoms with Crippen LogP contribution in [0.15, 0.2) is 11.4 Å². The molecule has 2 aromatic heterocycles. The van der Waals surface area contributed by atoms with Crippen molar-refractivity contribution >= 4 is 28.9 Å². The summed E-state index contributed by atoms with van der Waals surface area (Å²) < 4.78 is 1.88. The van der Waals surface area contributed by atoms with E-state index in [4.69, 9.17) is 11.6 Å². The molecule has 0 N–H and O–H groups in total. The summed E-state index contributed by atoms with van der Waals surface area (Å²) in [7, 11) is 0. The minimum atomic E-state index is 0.395. The number of aromatic nitrogens is 4. The lowest BCUT2D eigenvalue weighted by Gasteiger charge is -2.17. The second-order valence-corrected chi connectivity index (χ2v) is 6.27. The molecule has 0 saturated heterocycles. The molecule has 1 fully saturated rings. The Balaban J connectivity index is 2.06. The van der Waals surface area contributed by atoms with Gasteiger partial charge >= 0.3 is 0 Å². The van der Waals surface area contributed by atoms with E-state index in [-0.39, 0.29) is 0 Å². The summed E-state index contributed by atoms with van der Waals surface area (Å²) in [5.74, 6) is 2.08. The highest BCUT2D eigenvalue weighted by Gasteiger charge is 2.27. The molecule has 1 unspecified atom stereocenters. The van der Waals surface area contributed by atoms with Gasteiger partial charge in [-0.25, -0.2) is 14.5 Å². The summed E-state index contributed by atoms with van der Waals surface area (Å²) in [6.07, 6.45) is 8.97. The number of fused-ring (bicyclic) bond motifs is 1. The Hall–Kier alpha value is -0.810. The van der Waals surface area contributed by atoms with Gasteiger partial charge in [-0.15, -0.1) is 5.10 Å². The van der Waals surface area contributed by atoms with Crippen LogP contribution in [0.2, 0.25) is 5.15 Å². The summed E-state index contributed by atoms with van der Waals surface area (Å²) in [5.41, 5.74) is 0.805. The molecule has 0 radical (unpaired) electrons. The maximum Gasteiger partial charge on any atom is 0.207 e. The molecule has 102 valence electrons. The number of hydrogen-bond donors (Lipinski definition) is 0. The van der Waals surface area contributed by atoms with E-state index in [2.05, 4.69) is 22.0 Å². The minimum absolute atomic E-state index is 0.395. The van der Waals surface area contributed by atoms with Gasteiger partial charge in [0.25, 0.3) is 0 Å². The maximum absolute atomic E-state index is 6.21. The van der Waals surface area contributed by atoms with Crippen LogP contribution in [-0.2, 0) is 0 Å².